The largest absolute Gasteiger partial charge is 0.479 e. The molecule has 92 valence electrons. The molecule has 0 aliphatic carbocycles. The van der Waals surface area contributed by atoms with Gasteiger partial charge in [-0.05, 0) is 38.5 Å². The van der Waals surface area contributed by atoms with Gasteiger partial charge in [0.2, 0.25) is 0 Å². The van der Waals surface area contributed by atoms with Crippen LogP contribution in [0, 0.1) is 0 Å². The summed E-state index contributed by atoms with van der Waals surface area (Å²) in [6.07, 6.45) is -0.473. The molecular weight excluding hydrogens is 218 g/mol. The van der Waals surface area contributed by atoms with E-state index in [1.165, 1.54) is 0 Å². The van der Waals surface area contributed by atoms with Crippen molar-refractivity contribution in [2.75, 3.05) is 4.90 Å². The van der Waals surface area contributed by atoms with Gasteiger partial charge in [0.1, 0.15) is 5.75 Å². The van der Waals surface area contributed by atoms with Crippen molar-refractivity contribution in [3.63, 3.8) is 0 Å². The minimum absolute atomic E-state index is 0.0238. The van der Waals surface area contributed by atoms with Crippen LogP contribution >= 0.6 is 0 Å². The molecule has 2 rings (SSSR count). The number of ether oxygens (including phenoxy) is 1. The number of amides is 1. The van der Waals surface area contributed by atoms with Crippen LogP contribution in [0.1, 0.15) is 26.3 Å². The van der Waals surface area contributed by atoms with Crippen molar-refractivity contribution in [2.24, 2.45) is 0 Å². The topological polar surface area (TPSA) is 49.8 Å². The molecule has 1 heterocycles. The molecule has 1 atom stereocenters. The molecule has 4 nitrogen and oxygen atoms in total. The first-order chi connectivity index (χ1) is 8.04. The molecule has 1 aliphatic rings. The second-order valence-electron chi connectivity index (χ2n) is 4.52. The maximum absolute atomic E-state index is 12.0. The predicted molar refractivity (Wildman–Crippen MR) is 65.1 cm³/mol. The number of fused-ring (bicyclic) bond motifs is 1. The van der Waals surface area contributed by atoms with E-state index in [1.54, 1.807) is 24.0 Å². The Hall–Kier alpha value is -1.55. The van der Waals surface area contributed by atoms with Crippen LogP contribution in [0.5, 0.6) is 5.75 Å². The summed E-state index contributed by atoms with van der Waals surface area (Å²) in [5.41, 5.74) is 1.56. The Labute approximate surface area is 101 Å². The number of anilines is 1. The third kappa shape index (κ3) is 2.00. The van der Waals surface area contributed by atoms with E-state index in [4.69, 9.17) is 9.84 Å². The molecule has 1 unspecified atom stereocenters. The Morgan fingerprint density at radius 2 is 2.18 bits per heavy atom. The van der Waals surface area contributed by atoms with Gasteiger partial charge in [-0.3, -0.25) is 4.79 Å². The Bertz CT molecular complexity index is 442. The van der Waals surface area contributed by atoms with E-state index < -0.39 is 6.10 Å². The zero-order valence-electron chi connectivity index (χ0n) is 10.3. The highest BCUT2D eigenvalue weighted by Crippen LogP contribution is 2.36. The van der Waals surface area contributed by atoms with Crippen LogP contribution < -0.4 is 9.64 Å². The quantitative estimate of drug-likeness (QED) is 0.848. The molecule has 4 heteroatoms. The summed E-state index contributed by atoms with van der Waals surface area (Å²) in [4.78, 5) is 13.8. The molecule has 1 aliphatic heterocycles. The fourth-order valence-corrected chi connectivity index (χ4v) is 2.04. The van der Waals surface area contributed by atoms with E-state index in [1.807, 2.05) is 19.9 Å². The van der Waals surface area contributed by atoms with Crippen molar-refractivity contribution in [1.82, 2.24) is 0 Å². The lowest BCUT2D eigenvalue weighted by atomic mass is 10.1. The number of rotatable bonds is 2. The van der Waals surface area contributed by atoms with Crippen LogP contribution in [0.4, 0.5) is 5.69 Å². The number of hydrogen-bond donors (Lipinski definition) is 1. The van der Waals surface area contributed by atoms with Gasteiger partial charge < -0.3 is 14.7 Å². The van der Waals surface area contributed by atoms with E-state index in [0.717, 1.165) is 11.3 Å². The normalized spacial score (nSPS) is 19.2. The monoisotopic (exact) mass is 235 g/mol. The summed E-state index contributed by atoms with van der Waals surface area (Å²) < 4.78 is 5.56. The lowest BCUT2D eigenvalue weighted by Gasteiger charge is -2.35. The standard InChI is InChI=1S/C13H17NO3/c1-8(2)14-11-5-4-10(7-15)6-12(11)17-9(3)13(14)16/h4-6,8-9,15H,7H2,1-3H3. The van der Waals surface area contributed by atoms with Gasteiger partial charge in [-0.2, -0.15) is 0 Å². The van der Waals surface area contributed by atoms with Crippen LogP contribution in [0.3, 0.4) is 0 Å². The van der Waals surface area contributed by atoms with E-state index in [-0.39, 0.29) is 18.6 Å². The van der Waals surface area contributed by atoms with Crippen LogP contribution in [0.15, 0.2) is 18.2 Å². The Morgan fingerprint density at radius 1 is 1.47 bits per heavy atom. The van der Waals surface area contributed by atoms with Gasteiger partial charge in [-0.15, -0.1) is 0 Å². The minimum Gasteiger partial charge on any atom is -0.479 e. The molecule has 1 N–H and O–H groups in total. The third-order valence-corrected chi connectivity index (χ3v) is 2.87. The van der Waals surface area contributed by atoms with Gasteiger partial charge in [-0.25, -0.2) is 0 Å². The number of hydrogen-bond acceptors (Lipinski definition) is 3. The predicted octanol–water partition coefficient (Wildman–Crippen LogP) is 1.70. The van der Waals surface area contributed by atoms with Crippen molar-refractivity contribution in [3.05, 3.63) is 23.8 Å². The molecule has 0 aromatic heterocycles. The number of aliphatic hydroxyl groups is 1. The summed E-state index contributed by atoms with van der Waals surface area (Å²) in [6.45, 7) is 5.66. The van der Waals surface area contributed by atoms with E-state index >= 15 is 0 Å². The van der Waals surface area contributed by atoms with Crippen molar-refractivity contribution in [2.45, 2.75) is 39.5 Å². The van der Waals surface area contributed by atoms with Gasteiger partial charge in [-0.1, -0.05) is 6.07 Å². The molecule has 1 aromatic rings. The van der Waals surface area contributed by atoms with Crippen molar-refractivity contribution < 1.29 is 14.6 Å². The highest BCUT2D eigenvalue weighted by molar-refractivity contribution is 6.00. The molecule has 0 saturated carbocycles. The molecule has 1 aromatic carbocycles. The smallest absolute Gasteiger partial charge is 0.268 e. The number of carbonyl (C=O) groups excluding carboxylic acids is 1. The van der Waals surface area contributed by atoms with Crippen molar-refractivity contribution in [1.29, 1.82) is 0 Å². The van der Waals surface area contributed by atoms with Crippen LogP contribution in [-0.2, 0) is 11.4 Å². The van der Waals surface area contributed by atoms with Gasteiger partial charge >= 0.3 is 0 Å². The molecule has 0 saturated heterocycles. The van der Waals surface area contributed by atoms with Crippen LogP contribution in [0.25, 0.3) is 0 Å². The SMILES string of the molecule is CC1Oc2cc(CO)ccc2N(C(C)C)C1=O. The maximum Gasteiger partial charge on any atom is 0.268 e. The first-order valence-electron chi connectivity index (χ1n) is 5.78. The highest BCUT2D eigenvalue weighted by Gasteiger charge is 2.32. The number of nitrogens with zero attached hydrogens (tertiary/aromatic N) is 1. The Kier molecular flexibility index (Phi) is 3.07. The van der Waals surface area contributed by atoms with Crippen molar-refractivity contribution >= 4 is 11.6 Å². The van der Waals surface area contributed by atoms with Crippen LogP contribution in [0.2, 0.25) is 0 Å². The molecule has 1 amide bonds. The average Bonchev–Trinajstić information content (AvgIpc) is 2.29. The second kappa shape index (κ2) is 4.37. The minimum atomic E-state index is -0.473. The summed E-state index contributed by atoms with van der Waals surface area (Å²) in [5, 5.41) is 9.10. The van der Waals surface area contributed by atoms with E-state index in [0.29, 0.717) is 5.75 Å². The van der Waals surface area contributed by atoms with Gasteiger partial charge in [0, 0.05) is 6.04 Å². The second-order valence-corrected chi connectivity index (χ2v) is 4.52. The number of carbonyl (C=O) groups is 1. The summed E-state index contributed by atoms with van der Waals surface area (Å²) in [6, 6.07) is 5.51. The Morgan fingerprint density at radius 3 is 2.76 bits per heavy atom. The zero-order valence-corrected chi connectivity index (χ0v) is 10.3. The first kappa shape index (κ1) is 11.9. The molecule has 0 radical (unpaired) electrons. The molecule has 0 bridgehead atoms. The zero-order chi connectivity index (χ0) is 12.6. The van der Waals surface area contributed by atoms with Crippen LogP contribution in [-0.4, -0.2) is 23.2 Å². The van der Waals surface area contributed by atoms with Gasteiger partial charge in [0.05, 0.1) is 12.3 Å². The molecule has 0 fully saturated rings. The number of benzene rings is 1. The van der Waals surface area contributed by atoms with Gasteiger partial charge in [0.15, 0.2) is 6.10 Å². The first-order valence-corrected chi connectivity index (χ1v) is 5.78. The fraction of sp³-hybridized carbons (Fsp3) is 0.462. The lowest BCUT2D eigenvalue weighted by Crippen LogP contribution is -2.47. The lowest BCUT2D eigenvalue weighted by molar-refractivity contribution is -0.125. The molecule has 0 spiro atoms. The van der Waals surface area contributed by atoms with Gasteiger partial charge in [0.25, 0.3) is 5.91 Å². The maximum atomic E-state index is 12.0. The molecule has 17 heavy (non-hydrogen) atoms. The summed E-state index contributed by atoms with van der Waals surface area (Å²) >= 11 is 0. The summed E-state index contributed by atoms with van der Waals surface area (Å²) in [5.74, 6) is 0.640. The van der Waals surface area contributed by atoms with E-state index in [2.05, 4.69) is 0 Å². The number of aliphatic hydroxyl groups excluding tert-OH is 1. The average molecular weight is 235 g/mol. The highest BCUT2D eigenvalue weighted by atomic mass is 16.5. The fourth-order valence-electron chi connectivity index (χ4n) is 2.04. The third-order valence-electron chi connectivity index (χ3n) is 2.87. The Balaban J connectivity index is 2.49. The molecular formula is C13H17NO3. The van der Waals surface area contributed by atoms with Crippen molar-refractivity contribution in [3.8, 4) is 5.75 Å². The summed E-state index contributed by atoms with van der Waals surface area (Å²) in [7, 11) is 0. The van der Waals surface area contributed by atoms with E-state index in [9.17, 15) is 4.79 Å².